The lowest BCUT2D eigenvalue weighted by atomic mass is 10.1. The van der Waals surface area contributed by atoms with Gasteiger partial charge in [0.25, 0.3) is 11.6 Å². The lowest BCUT2D eigenvalue weighted by Gasteiger charge is -2.09. The third-order valence-electron chi connectivity index (χ3n) is 3.81. The predicted molar refractivity (Wildman–Crippen MR) is 108 cm³/mol. The van der Waals surface area contributed by atoms with E-state index in [0.29, 0.717) is 28.4 Å². The second kappa shape index (κ2) is 8.83. The number of ether oxygens (including phenoxy) is 1. The van der Waals surface area contributed by atoms with Crippen molar-refractivity contribution in [2.24, 2.45) is 5.10 Å². The van der Waals surface area contributed by atoms with Crippen LogP contribution in [0, 0.1) is 10.1 Å². The van der Waals surface area contributed by atoms with E-state index in [1.54, 1.807) is 48.5 Å². The summed E-state index contributed by atoms with van der Waals surface area (Å²) in [7, 11) is 0. The minimum absolute atomic E-state index is 0.0220. The number of hydrogen-bond donors (Lipinski definition) is 1. The number of nitrogens with one attached hydrogen (secondary N) is 1. The van der Waals surface area contributed by atoms with E-state index in [4.69, 9.17) is 9.15 Å². The minimum atomic E-state index is -0.466. The van der Waals surface area contributed by atoms with E-state index in [1.165, 1.54) is 18.3 Å². The Balaban J connectivity index is 1.62. The van der Waals surface area contributed by atoms with Gasteiger partial charge in [-0.25, -0.2) is 5.43 Å². The third-order valence-corrected chi connectivity index (χ3v) is 3.81. The van der Waals surface area contributed by atoms with Crippen LogP contribution in [0.2, 0.25) is 0 Å². The van der Waals surface area contributed by atoms with Crippen LogP contribution in [-0.4, -0.2) is 23.1 Å². The number of nitrogens with zero attached hydrogens (tertiary/aromatic N) is 2. The van der Waals surface area contributed by atoms with Crippen molar-refractivity contribution in [3.8, 4) is 17.1 Å². The van der Waals surface area contributed by atoms with E-state index < -0.39 is 4.92 Å². The molecule has 0 aliphatic carbocycles. The van der Waals surface area contributed by atoms with Gasteiger partial charge in [-0.15, -0.1) is 0 Å². The summed E-state index contributed by atoms with van der Waals surface area (Å²) in [4.78, 5) is 22.6. The number of carbonyl (C=O) groups excluding carboxylic acids is 1. The fourth-order valence-corrected chi connectivity index (χ4v) is 2.53. The van der Waals surface area contributed by atoms with Crippen molar-refractivity contribution in [3.05, 3.63) is 82.1 Å². The molecule has 0 radical (unpaired) electrons. The first kappa shape index (κ1) is 19.8. The molecule has 0 fully saturated rings. The highest BCUT2D eigenvalue weighted by molar-refractivity contribution is 5.94. The summed E-state index contributed by atoms with van der Waals surface area (Å²) in [5.41, 5.74) is 3.41. The Kier molecular flexibility index (Phi) is 6.03. The van der Waals surface area contributed by atoms with Crippen LogP contribution in [0.5, 0.6) is 5.75 Å². The van der Waals surface area contributed by atoms with Crippen LogP contribution in [-0.2, 0) is 0 Å². The fourth-order valence-electron chi connectivity index (χ4n) is 2.53. The molecule has 1 heterocycles. The Morgan fingerprint density at radius 1 is 1.17 bits per heavy atom. The first-order valence-electron chi connectivity index (χ1n) is 8.87. The van der Waals surface area contributed by atoms with Crippen molar-refractivity contribution in [2.75, 3.05) is 0 Å². The molecular weight excluding hydrogens is 374 g/mol. The molecule has 0 saturated carbocycles. The first-order valence-corrected chi connectivity index (χ1v) is 8.87. The number of nitro groups is 1. The van der Waals surface area contributed by atoms with Crippen LogP contribution < -0.4 is 10.2 Å². The summed E-state index contributed by atoms with van der Waals surface area (Å²) in [5.74, 6) is 1.17. The van der Waals surface area contributed by atoms with E-state index >= 15 is 0 Å². The SMILES string of the molecule is CC(C)Oc1ccc(C(=O)N/N=C\c2ccc(-c3cccc([N+](=O)[O-])c3)o2)cc1. The summed E-state index contributed by atoms with van der Waals surface area (Å²) in [6.45, 7) is 3.85. The summed E-state index contributed by atoms with van der Waals surface area (Å²) in [5, 5.41) is 14.8. The Bertz CT molecular complexity index is 1040. The molecule has 3 aromatic rings. The molecule has 1 amide bonds. The lowest BCUT2D eigenvalue weighted by molar-refractivity contribution is -0.384. The molecule has 8 heteroatoms. The second-order valence-corrected chi connectivity index (χ2v) is 6.40. The van der Waals surface area contributed by atoms with Crippen molar-refractivity contribution in [3.63, 3.8) is 0 Å². The summed E-state index contributed by atoms with van der Waals surface area (Å²) < 4.78 is 11.1. The molecule has 8 nitrogen and oxygen atoms in total. The molecule has 0 spiro atoms. The Morgan fingerprint density at radius 2 is 1.93 bits per heavy atom. The molecule has 0 unspecified atom stereocenters. The van der Waals surface area contributed by atoms with Gasteiger partial charge in [0.15, 0.2) is 0 Å². The summed E-state index contributed by atoms with van der Waals surface area (Å²) in [6, 6.07) is 16.2. The molecular formula is C21H19N3O5. The second-order valence-electron chi connectivity index (χ2n) is 6.40. The van der Waals surface area contributed by atoms with Gasteiger partial charge in [0.05, 0.1) is 17.2 Å². The highest BCUT2D eigenvalue weighted by Crippen LogP contribution is 2.25. The topological polar surface area (TPSA) is 107 Å². The number of rotatable bonds is 7. The molecule has 0 aliphatic heterocycles. The van der Waals surface area contributed by atoms with E-state index in [2.05, 4.69) is 10.5 Å². The number of furan rings is 1. The van der Waals surface area contributed by atoms with Crippen LogP contribution in [0.3, 0.4) is 0 Å². The quantitative estimate of drug-likeness (QED) is 0.364. The maximum absolute atomic E-state index is 12.1. The number of non-ortho nitro benzene ring substituents is 1. The molecule has 0 atom stereocenters. The largest absolute Gasteiger partial charge is 0.491 e. The van der Waals surface area contributed by atoms with Crippen LogP contribution in [0.25, 0.3) is 11.3 Å². The maximum Gasteiger partial charge on any atom is 0.271 e. The fraction of sp³-hybridized carbons (Fsp3) is 0.143. The number of benzene rings is 2. The van der Waals surface area contributed by atoms with Gasteiger partial charge in [0.2, 0.25) is 0 Å². The lowest BCUT2D eigenvalue weighted by Crippen LogP contribution is -2.17. The van der Waals surface area contributed by atoms with Crippen LogP contribution in [0.4, 0.5) is 5.69 Å². The highest BCUT2D eigenvalue weighted by atomic mass is 16.6. The normalized spacial score (nSPS) is 11.0. The molecule has 0 bridgehead atoms. The molecule has 148 valence electrons. The third kappa shape index (κ3) is 5.29. The van der Waals surface area contributed by atoms with Gasteiger partial charge in [-0.2, -0.15) is 5.10 Å². The molecule has 0 saturated heterocycles. The molecule has 2 aromatic carbocycles. The van der Waals surface area contributed by atoms with E-state index in [0.717, 1.165) is 0 Å². The van der Waals surface area contributed by atoms with E-state index in [1.807, 2.05) is 13.8 Å². The molecule has 1 N–H and O–H groups in total. The Labute approximate surface area is 167 Å². The van der Waals surface area contributed by atoms with Crippen molar-refractivity contribution in [2.45, 2.75) is 20.0 Å². The maximum atomic E-state index is 12.1. The van der Waals surface area contributed by atoms with Gasteiger partial charge in [-0.1, -0.05) is 12.1 Å². The summed E-state index contributed by atoms with van der Waals surface area (Å²) in [6.07, 6.45) is 1.41. The van der Waals surface area contributed by atoms with Crippen molar-refractivity contribution in [1.82, 2.24) is 5.43 Å². The zero-order chi connectivity index (χ0) is 20.8. The standard InChI is InChI=1S/C21H19N3O5/c1-14(2)28-18-8-6-15(7-9-18)21(25)23-22-13-19-10-11-20(29-19)16-4-3-5-17(12-16)24(26)27/h3-14H,1-2H3,(H,23,25)/b22-13-. The molecule has 29 heavy (non-hydrogen) atoms. The van der Waals surface area contributed by atoms with Gasteiger partial charge in [0.1, 0.15) is 17.3 Å². The smallest absolute Gasteiger partial charge is 0.271 e. The molecule has 1 aromatic heterocycles. The number of hydrogen-bond acceptors (Lipinski definition) is 6. The van der Waals surface area contributed by atoms with Gasteiger partial charge in [0, 0.05) is 23.3 Å². The first-order chi connectivity index (χ1) is 13.9. The number of hydrazone groups is 1. The average molecular weight is 393 g/mol. The van der Waals surface area contributed by atoms with Gasteiger partial charge in [-0.3, -0.25) is 14.9 Å². The van der Waals surface area contributed by atoms with Gasteiger partial charge < -0.3 is 9.15 Å². The van der Waals surface area contributed by atoms with Crippen LogP contribution in [0.15, 0.2) is 70.2 Å². The number of amides is 1. The molecule has 0 aliphatic rings. The zero-order valence-corrected chi connectivity index (χ0v) is 15.9. The van der Waals surface area contributed by atoms with Gasteiger partial charge in [-0.05, 0) is 50.2 Å². The minimum Gasteiger partial charge on any atom is -0.491 e. The highest BCUT2D eigenvalue weighted by Gasteiger charge is 2.10. The van der Waals surface area contributed by atoms with E-state index in [9.17, 15) is 14.9 Å². The van der Waals surface area contributed by atoms with Crippen molar-refractivity contribution in [1.29, 1.82) is 0 Å². The number of carbonyl (C=O) groups is 1. The van der Waals surface area contributed by atoms with Crippen LogP contribution in [0.1, 0.15) is 30.0 Å². The predicted octanol–water partition coefficient (Wildman–Crippen LogP) is 4.41. The average Bonchev–Trinajstić information content (AvgIpc) is 3.17. The van der Waals surface area contributed by atoms with Crippen molar-refractivity contribution < 1.29 is 18.9 Å². The zero-order valence-electron chi connectivity index (χ0n) is 15.9. The monoisotopic (exact) mass is 393 g/mol. The van der Waals surface area contributed by atoms with E-state index in [-0.39, 0.29) is 17.7 Å². The van der Waals surface area contributed by atoms with Crippen LogP contribution >= 0.6 is 0 Å². The van der Waals surface area contributed by atoms with Gasteiger partial charge >= 0.3 is 0 Å². The summed E-state index contributed by atoms with van der Waals surface area (Å²) >= 11 is 0. The molecule has 3 rings (SSSR count). The van der Waals surface area contributed by atoms with Crippen molar-refractivity contribution >= 4 is 17.8 Å². The Hall–Kier alpha value is -3.94. The Morgan fingerprint density at radius 3 is 2.62 bits per heavy atom. The number of nitro benzene ring substituents is 1.